The first-order valence-corrected chi connectivity index (χ1v) is 9.63. The zero-order chi connectivity index (χ0) is 18.3. The number of hydrogen-bond donors (Lipinski definition) is 1. The monoisotopic (exact) mass is 351 g/mol. The van der Waals surface area contributed by atoms with Gasteiger partial charge in [0.05, 0.1) is 26.1 Å². The molecule has 1 heterocycles. The number of carbonyl (C=O) groups is 2. The van der Waals surface area contributed by atoms with E-state index in [0.717, 1.165) is 49.7 Å². The minimum atomic E-state index is -0.245. The third-order valence-corrected chi connectivity index (χ3v) is 4.12. The lowest BCUT2D eigenvalue weighted by molar-refractivity contribution is -0.144. The predicted octanol–water partition coefficient (Wildman–Crippen LogP) is 4.35. The Kier molecular flexibility index (Phi) is 11.5. The Morgan fingerprint density at radius 3 is 1.60 bits per heavy atom. The fourth-order valence-corrected chi connectivity index (χ4v) is 2.60. The molecule has 0 bridgehead atoms. The predicted molar refractivity (Wildman–Crippen MR) is 98.4 cm³/mol. The summed E-state index contributed by atoms with van der Waals surface area (Å²) in [7, 11) is 0. The second-order valence-electron chi connectivity index (χ2n) is 6.42. The van der Waals surface area contributed by atoms with Crippen LogP contribution in [0.3, 0.4) is 0 Å². The second-order valence-corrected chi connectivity index (χ2v) is 6.42. The third kappa shape index (κ3) is 9.95. The van der Waals surface area contributed by atoms with Crippen molar-refractivity contribution in [1.82, 2.24) is 4.98 Å². The topological polar surface area (TPSA) is 68.4 Å². The van der Waals surface area contributed by atoms with Crippen molar-refractivity contribution in [3.63, 3.8) is 0 Å². The van der Waals surface area contributed by atoms with Crippen LogP contribution in [-0.2, 0) is 31.9 Å². The fourth-order valence-electron chi connectivity index (χ4n) is 2.60. The molecule has 0 fully saturated rings. The van der Waals surface area contributed by atoms with Crippen molar-refractivity contribution < 1.29 is 19.1 Å². The first kappa shape index (κ1) is 21.3. The molecule has 1 aromatic rings. The lowest BCUT2D eigenvalue weighted by Crippen LogP contribution is -2.13. The van der Waals surface area contributed by atoms with Crippen LogP contribution < -0.4 is 0 Å². The van der Waals surface area contributed by atoms with E-state index >= 15 is 0 Å². The number of unbranched alkanes of at least 4 members (excludes halogenated alkanes) is 6. The quantitative estimate of drug-likeness (QED) is 0.400. The van der Waals surface area contributed by atoms with Gasteiger partial charge in [0.2, 0.25) is 0 Å². The Labute approximate surface area is 151 Å². The number of H-pyrrole nitrogens is 1. The van der Waals surface area contributed by atoms with Crippen LogP contribution in [-0.4, -0.2) is 30.1 Å². The molecule has 0 aliphatic carbocycles. The van der Waals surface area contributed by atoms with Crippen LogP contribution >= 0.6 is 0 Å². The summed E-state index contributed by atoms with van der Waals surface area (Å²) in [4.78, 5) is 26.8. The maximum Gasteiger partial charge on any atom is 0.310 e. The Balaban J connectivity index is 2.28. The Bertz CT molecular complexity index is 453. The highest BCUT2D eigenvalue weighted by atomic mass is 16.5. The van der Waals surface area contributed by atoms with Crippen molar-refractivity contribution >= 4 is 11.9 Å². The summed E-state index contributed by atoms with van der Waals surface area (Å²) in [5, 5.41) is 0. The number of aromatic amines is 1. The van der Waals surface area contributed by atoms with Gasteiger partial charge in [-0.3, -0.25) is 9.59 Å². The maximum atomic E-state index is 11.9. The molecule has 5 heteroatoms. The molecule has 0 unspecified atom stereocenters. The molecule has 1 rings (SSSR count). The van der Waals surface area contributed by atoms with E-state index in [0.29, 0.717) is 13.2 Å². The number of esters is 2. The second kappa shape index (κ2) is 13.5. The molecule has 25 heavy (non-hydrogen) atoms. The molecule has 1 N–H and O–H groups in total. The number of carbonyl (C=O) groups excluding carboxylic acids is 2. The minimum Gasteiger partial charge on any atom is -0.465 e. The number of aromatic nitrogens is 1. The first-order valence-electron chi connectivity index (χ1n) is 9.63. The van der Waals surface area contributed by atoms with Crippen molar-refractivity contribution in [2.45, 2.75) is 78.1 Å². The summed E-state index contributed by atoms with van der Waals surface area (Å²) in [6.45, 7) is 5.24. The normalized spacial score (nSPS) is 10.6. The van der Waals surface area contributed by atoms with Gasteiger partial charge in [0.1, 0.15) is 0 Å². The molecule has 0 saturated carbocycles. The number of nitrogens with one attached hydrogen (secondary N) is 1. The lowest BCUT2D eigenvalue weighted by Gasteiger charge is -2.07. The molecule has 0 radical (unpaired) electrons. The van der Waals surface area contributed by atoms with Crippen LogP contribution in [0.15, 0.2) is 12.4 Å². The van der Waals surface area contributed by atoms with Crippen molar-refractivity contribution in [2.75, 3.05) is 13.2 Å². The van der Waals surface area contributed by atoms with Gasteiger partial charge in [0.15, 0.2) is 0 Å². The van der Waals surface area contributed by atoms with Gasteiger partial charge in [-0.25, -0.2) is 0 Å². The molecular formula is C20H33NO4. The van der Waals surface area contributed by atoms with Gasteiger partial charge in [0, 0.05) is 12.4 Å². The highest BCUT2D eigenvalue weighted by Crippen LogP contribution is 2.12. The van der Waals surface area contributed by atoms with Crippen LogP contribution in [0, 0.1) is 0 Å². The van der Waals surface area contributed by atoms with Crippen LogP contribution in [0.5, 0.6) is 0 Å². The summed E-state index contributed by atoms with van der Waals surface area (Å²) < 4.78 is 10.5. The van der Waals surface area contributed by atoms with Gasteiger partial charge >= 0.3 is 11.9 Å². The molecule has 1 aromatic heterocycles. The van der Waals surface area contributed by atoms with Crippen molar-refractivity contribution in [1.29, 1.82) is 0 Å². The van der Waals surface area contributed by atoms with Gasteiger partial charge in [0.25, 0.3) is 0 Å². The Hall–Kier alpha value is -1.78. The SMILES string of the molecule is CCCCCCOC(=O)Cc1c[nH]cc1CC(=O)OCCCCCC. The molecule has 0 saturated heterocycles. The van der Waals surface area contributed by atoms with Gasteiger partial charge in [-0.15, -0.1) is 0 Å². The van der Waals surface area contributed by atoms with E-state index in [-0.39, 0.29) is 24.8 Å². The third-order valence-electron chi connectivity index (χ3n) is 4.12. The lowest BCUT2D eigenvalue weighted by atomic mass is 10.1. The smallest absolute Gasteiger partial charge is 0.310 e. The average Bonchev–Trinajstić information content (AvgIpc) is 3.01. The van der Waals surface area contributed by atoms with Gasteiger partial charge in [-0.1, -0.05) is 52.4 Å². The van der Waals surface area contributed by atoms with E-state index in [4.69, 9.17) is 9.47 Å². The highest BCUT2D eigenvalue weighted by Gasteiger charge is 2.14. The first-order chi connectivity index (χ1) is 12.2. The molecule has 142 valence electrons. The van der Waals surface area contributed by atoms with E-state index in [1.54, 1.807) is 12.4 Å². The summed E-state index contributed by atoms with van der Waals surface area (Å²) in [5.41, 5.74) is 1.61. The molecule has 0 aliphatic heterocycles. The number of ether oxygens (including phenoxy) is 2. The molecule has 0 amide bonds. The van der Waals surface area contributed by atoms with Crippen molar-refractivity contribution in [2.24, 2.45) is 0 Å². The standard InChI is InChI=1S/C20H33NO4/c1-3-5-7-9-11-24-19(22)13-17-15-21-16-18(17)14-20(23)25-12-10-8-6-4-2/h15-16,21H,3-14H2,1-2H3. The zero-order valence-corrected chi connectivity index (χ0v) is 15.8. The number of rotatable bonds is 14. The van der Waals surface area contributed by atoms with E-state index in [1.807, 2.05) is 0 Å². The van der Waals surface area contributed by atoms with Gasteiger partial charge in [-0.2, -0.15) is 0 Å². The van der Waals surface area contributed by atoms with E-state index in [2.05, 4.69) is 18.8 Å². The summed E-state index contributed by atoms with van der Waals surface area (Å²) in [5.74, 6) is -0.490. The van der Waals surface area contributed by atoms with Crippen molar-refractivity contribution in [3.05, 3.63) is 23.5 Å². The average molecular weight is 351 g/mol. The Morgan fingerprint density at radius 1 is 0.760 bits per heavy atom. The molecule has 0 aliphatic rings. The van der Waals surface area contributed by atoms with Crippen molar-refractivity contribution in [3.8, 4) is 0 Å². The molecule has 0 aromatic carbocycles. The Morgan fingerprint density at radius 2 is 1.20 bits per heavy atom. The minimum absolute atomic E-state index is 0.191. The molecular weight excluding hydrogens is 318 g/mol. The summed E-state index contributed by atoms with van der Waals surface area (Å²) >= 11 is 0. The van der Waals surface area contributed by atoms with E-state index in [9.17, 15) is 9.59 Å². The highest BCUT2D eigenvalue weighted by molar-refractivity contribution is 5.76. The summed E-state index contributed by atoms with van der Waals surface area (Å²) in [6, 6.07) is 0. The fraction of sp³-hybridized carbons (Fsp3) is 0.700. The van der Waals surface area contributed by atoms with E-state index < -0.39 is 0 Å². The summed E-state index contributed by atoms with van der Waals surface area (Å²) in [6.07, 6.45) is 12.5. The van der Waals surface area contributed by atoms with Crippen LogP contribution in [0.1, 0.15) is 76.3 Å². The number of hydrogen-bond acceptors (Lipinski definition) is 4. The van der Waals surface area contributed by atoms with Crippen LogP contribution in [0.4, 0.5) is 0 Å². The van der Waals surface area contributed by atoms with Crippen LogP contribution in [0.2, 0.25) is 0 Å². The molecule has 0 atom stereocenters. The van der Waals surface area contributed by atoms with E-state index in [1.165, 1.54) is 12.8 Å². The van der Waals surface area contributed by atoms with Gasteiger partial charge in [-0.05, 0) is 24.0 Å². The van der Waals surface area contributed by atoms with Gasteiger partial charge < -0.3 is 14.5 Å². The molecule has 0 spiro atoms. The van der Waals surface area contributed by atoms with Crippen LogP contribution in [0.25, 0.3) is 0 Å². The maximum absolute atomic E-state index is 11.9. The largest absolute Gasteiger partial charge is 0.465 e. The zero-order valence-electron chi connectivity index (χ0n) is 15.8. The molecule has 5 nitrogen and oxygen atoms in total.